The molecular weight excluding hydrogens is 282 g/mol. The Morgan fingerprint density at radius 1 is 1.24 bits per heavy atom. The molecule has 0 radical (unpaired) electrons. The van der Waals surface area contributed by atoms with Crippen LogP contribution in [-0.2, 0) is 9.53 Å². The first kappa shape index (κ1) is 15.0. The first-order valence-electron chi connectivity index (χ1n) is 6.27. The van der Waals surface area contributed by atoms with E-state index in [-0.39, 0.29) is 22.7 Å². The number of carbonyl (C=O) groups is 1. The summed E-state index contributed by atoms with van der Waals surface area (Å²) in [5.41, 5.74) is 0.257. The number of carbonyl (C=O) groups excluding carboxylic acids is 1. The summed E-state index contributed by atoms with van der Waals surface area (Å²) >= 11 is 3.30. The van der Waals surface area contributed by atoms with Crippen LogP contribution in [-0.4, -0.2) is 31.0 Å². The van der Waals surface area contributed by atoms with Crippen LogP contribution in [0.3, 0.4) is 0 Å². The Labute approximate surface area is 113 Å². The molecule has 0 heterocycles. The molecule has 0 bridgehead atoms. The van der Waals surface area contributed by atoms with E-state index in [1.807, 2.05) is 0 Å². The van der Waals surface area contributed by atoms with Crippen LogP contribution in [0.5, 0.6) is 0 Å². The normalized spacial score (nSPS) is 21.2. The quantitative estimate of drug-likeness (QED) is 0.580. The van der Waals surface area contributed by atoms with Crippen molar-refractivity contribution in [2.75, 3.05) is 25.1 Å². The maximum absolute atomic E-state index is 12.0. The molecule has 1 N–H and O–H groups in total. The van der Waals surface area contributed by atoms with E-state index in [0.717, 1.165) is 18.4 Å². The third-order valence-corrected chi connectivity index (χ3v) is 4.59. The van der Waals surface area contributed by atoms with E-state index in [9.17, 15) is 4.79 Å². The summed E-state index contributed by atoms with van der Waals surface area (Å²) in [6.07, 6.45) is 0.881. The first-order chi connectivity index (χ1) is 7.85. The molecule has 1 fully saturated rings. The zero-order chi connectivity index (χ0) is 13.1. The molecule has 4 heteroatoms. The van der Waals surface area contributed by atoms with Crippen molar-refractivity contribution >= 4 is 21.8 Å². The standard InChI is InChI=1S/C13H24BrNO2/c1-12(2)10(13(12,3)4)11(16)15-7-5-8-17-9-6-14/h10H,5-9H2,1-4H3,(H,15,16). The lowest BCUT2D eigenvalue weighted by Gasteiger charge is -2.06. The lowest BCUT2D eigenvalue weighted by molar-refractivity contribution is -0.123. The van der Waals surface area contributed by atoms with Crippen LogP contribution in [0.15, 0.2) is 0 Å². The molecule has 1 rings (SSSR count). The van der Waals surface area contributed by atoms with Gasteiger partial charge in [0.15, 0.2) is 0 Å². The van der Waals surface area contributed by atoms with Crippen molar-refractivity contribution in [1.82, 2.24) is 5.32 Å². The number of alkyl halides is 1. The highest BCUT2D eigenvalue weighted by Gasteiger charge is 2.68. The molecule has 0 atom stereocenters. The van der Waals surface area contributed by atoms with Crippen molar-refractivity contribution in [1.29, 1.82) is 0 Å². The zero-order valence-electron chi connectivity index (χ0n) is 11.3. The molecule has 1 aliphatic rings. The van der Waals surface area contributed by atoms with E-state index in [1.54, 1.807) is 0 Å². The van der Waals surface area contributed by atoms with Gasteiger partial charge >= 0.3 is 0 Å². The Morgan fingerprint density at radius 3 is 2.29 bits per heavy atom. The van der Waals surface area contributed by atoms with Gasteiger partial charge in [-0.3, -0.25) is 4.79 Å². The van der Waals surface area contributed by atoms with Gasteiger partial charge in [-0.05, 0) is 17.3 Å². The van der Waals surface area contributed by atoms with Gasteiger partial charge in [0.25, 0.3) is 0 Å². The van der Waals surface area contributed by atoms with Gasteiger partial charge in [-0.1, -0.05) is 43.6 Å². The summed E-state index contributed by atoms with van der Waals surface area (Å²) in [4.78, 5) is 12.0. The molecule has 0 aromatic heterocycles. The Balaban J connectivity index is 2.15. The van der Waals surface area contributed by atoms with Gasteiger partial charge in [0, 0.05) is 24.4 Å². The maximum atomic E-state index is 12.0. The van der Waals surface area contributed by atoms with E-state index in [4.69, 9.17) is 4.74 Å². The van der Waals surface area contributed by atoms with E-state index < -0.39 is 0 Å². The Morgan fingerprint density at radius 2 is 1.82 bits per heavy atom. The maximum Gasteiger partial charge on any atom is 0.224 e. The van der Waals surface area contributed by atoms with E-state index in [1.165, 1.54) is 0 Å². The fraction of sp³-hybridized carbons (Fsp3) is 0.923. The average Bonchev–Trinajstić information content (AvgIpc) is 2.63. The molecule has 0 saturated heterocycles. The number of hydrogen-bond donors (Lipinski definition) is 1. The van der Waals surface area contributed by atoms with Gasteiger partial charge in [0.2, 0.25) is 5.91 Å². The van der Waals surface area contributed by atoms with E-state index in [2.05, 4.69) is 48.9 Å². The summed E-state index contributed by atoms with van der Waals surface area (Å²) < 4.78 is 5.32. The third kappa shape index (κ3) is 3.22. The highest BCUT2D eigenvalue weighted by atomic mass is 79.9. The molecular formula is C13H24BrNO2. The minimum Gasteiger partial charge on any atom is -0.381 e. The Bertz CT molecular complexity index is 263. The van der Waals surface area contributed by atoms with Gasteiger partial charge in [-0.25, -0.2) is 0 Å². The van der Waals surface area contributed by atoms with Crippen LogP contribution in [0.25, 0.3) is 0 Å². The minimum absolute atomic E-state index is 0.129. The topological polar surface area (TPSA) is 38.3 Å². The number of rotatable bonds is 7. The average molecular weight is 306 g/mol. The summed E-state index contributed by atoms with van der Waals surface area (Å²) in [6.45, 7) is 10.8. The van der Waals surface area contributed by atoms with Crippen LogP contribution < -0.4 is 5.32 Å². The van der Waals surface area contributed by atoms with Gasteiger partial charge in [-0.15, -0.1) is 0 Å². The van der Waals surface area contributed by atoms with Gasteiger partial charge < -0.3 is 10.1 Å². The molecule has 0 unspecified atom stereocenters. The number of hydrogen-bond acceptors (Lipinski definition) is 2. The number of ether oxygens (including phenoxy) is 1. The van der Waals surface area contributed by atoms with E-state index >= 15 is 0 Å². The number of halogens is 1. The van der Waals surface area contributed by atoms with Crippen LogP contribution >= 0.6 is 15.9 Å². The number of amides is 1. The second-order valence-electron chi connectivity index (χ2n) is 5.82. The van der Waals surface area contributed by atoms with Crippen molar-refractivity contribution in [2.45, 2.75) is 34.1 Å². The van der Waals surface area contributed by atoms with Crippen LogP contribution in [0.1, 0.15) is 34.1 Å². The lowest BCUT2D eigenvalue weighted by atomic mass is 10.0. The van der Waals surface area contributed by atoms with Gasteiger partial charge in [0.05, 0.1) is 6.61 Å². The van der Waals surface area contributed by atoms with Crippen molar-refractivity contribution in [3.63, 3.8) is 0 Å². The van der Waals surface area contributed by atoms with Crippen molar-refractivity contribution in [3.8, 4) is 0 Å². The minimum atomic E-state index is 0.129. The summed E-state index contributed by atoms with van der Waals surface area (Å²) in [5.74, 6) is 0.346. The second-order valence-corrected chi connectivity index (χ2v) is 6.62. The Kier molecular flexibility index (Phi) is 5.02. The smallest absolute Gasteiger partial charge is 0.224 e. The zero-order valence-corrected chi connectivity index (χ0v) is 12.9. The second kappa shape index (κ2) is 5.70. The molecule has 17 heavy (non-hydrogen) atoms. The molecule has 100 valence electrons. The van der Waals surface area contributed by atoms with Gasteiger partial charge in [-0.2, -0.15) is 0 Å². The lowest BCUT2D eigenvalue weighted by Crippen LogP contribution is -2.29. The van der Waals surface area contributed by atoms with Crippen molar-refractivity contribution in [3.05, 3.63) is 0 Å². The predicted molar refractivity (Wildman–Crippen MR) is 73.3 cm³/mol. The highest BCUT2D eigenvalue weighted by Crippen LogP contribution is 2.68. The molecule has 3 nitrogen and oxygen atoms in total. The number of nitrogens with one attached hydrogen (secondary N) is 1. The van der Waals surface area contributed by atoms with Crippen molar-refractivity contribution < 1.29 is 9.53 Å². The van der Waals surface area contributed by atoms with E-state index in [0.29, 0.717) is 13.2 Å². The summed E-state index contributed by atoms with van der Waals surface area (Å²) in [6, 6.07) is 0. The van der Waals surface area contributed by atoms with Gasteiger partial charge in [0.1, 0.15) is 0 Å². The highest BCUT2D eigenvalue weighted by molar-refractivity contribution is 9.09. The molecule has 1 amide bonds. The molecule has 1 saturated carbocycles. The fourth-order valence-corrected chi connectivity index (χ4v) is 2.73. The van der Waals surface area contributed by atoms with Crippen LogP contribution in [0.2, 0.25) is 0 Å². The molecule has 0 aliphatic heterocycles. The molecule has 1 aliphatic carbocycles. The van der Waals surface area contributed by atoms with Crippen LogP contribution in [0.4, 0.5) is 0 Å². The van der Waals surface area contributed by atoms with Crippen molar-refractivity contribution in [2.24, 2.45) is 16.7 Å². The largest absolute Gasteiger partial charge is 0.381 e. The Hall–Kier alpha value is -0.0900. The monoisotopic (exact) mass is 305 g/mol. The summed E-state index contributed by atoms with van der Waals surface area (Å²) in [7, 11) is 0. The molecule has 0 aromatic rings. The van der Waals surface area contributed by atoms with Crippen LogP contribution in [0, 0.1) is 16.7 Å². The predicted octanol–water partition coefficient (Wildman–Crippen LogP) is 2.59. The third-order valence-electron chi connectivity index (χ3n) is 4.27. The SMILES string of the molecule is CC1(C)C(C(=O)NCCCOCCBr)C1(C)C. The summed E-state index contributed by atoms with van der Waals surface area (Å²) in [5, 5.41) is 3.87. The molecule has 0 spiro atoms. The fourth-order valence-electron chi connectivity index (χ4n) is 2.50. The first-order valence-corrected chi connectivity index (χ1v) is 7.39. The molecule has 0 aromatic carbocycles.